The molecule has 0 saturated carbocycles. The van der Waals surface area contributed by atoms with Crippen LogP contribution in [0.15, 0.2) is 42.3 Å². The van der Waals surface area contributed by atoms with Gasteiger partial charge < -0.3 is 29.2 Å². The molecular weight excluding hydrogens is 434 g/mol. The number of Topliss-reactive ketones (excluding diaryl/α,β-unsaturated/α-hetero) is 1. The molecule has 3 aromatic rings. The Balaban J connectivity index is 1.43. The molecule has 5 rings (SSSR count). The predicted octanol–water partition coefficient (Wildman–Crippen LogP) is 0.570. The van der Waals surface area contributed by atoms with E-state index in [1.165, 1.54) is 11.0 Å². The van der Waals surface area contributed by atoms with E-state index in [1.54, 1.807) is 19.3 Å². The van der Waals surface area contributed by atoms with E-state index in [0.29, 0.717) is 30.0 Å². The number of rotatable bonds is 6. The van der Waals surface area contributed by atoms with Crippen LogP contribution in [0.4, 0.5) is 0 Å². The number of hydrogen-bond donors (Lipinski definition) is 2. The molecule has 34 heavy (non-hydrogen) atoms. The van der Waals surface area contributed by atoms with Gasteiger partial charge in [-0.2, -0.15) is 0 Å². The normalized spacial score (nSPS) is 18.0. The number of aliphatic hydroxyl groups excluding tert-OH is 1. The second-order valence-electron chi connectivity index (χ2n) is 8.93. The van der Waals surface area contributed by atoms with Gasteiger partial charge in [-0.1, -0.05) is 11.8 Å². The molecule has 2 aromatic carbocycles. The van der Waals surface area contributed by atoms with Gasteiger partial charge in [0.25, 0.3) is 0 Å². The fraction of sp³-hybridized carbons (Fsp3) is 0.346. The van der Waals surface area contributed by atoms with Crippen molar-refractivity contribution >= 4 is 22.8 Å². The molecule has 2 N–H and O–H groups in total. The second kappa shape index (κ2) is 9.13. The SMILES string of the molecule is COc1ccc2c(c1)c(/C=C1/Oc3c(ccc([O-])c3C[NH+]3CCN(CCO)CC3)C1=O)cn2C. The summed E-state index contributed by atoms with van der Waals surface area (Å²) in [6.45, 7) is 4.83. The van der Waals surface area contributed by atoms with E-state index >= 15 is 0 Å². The third kappa shape index (κ3) is 4.04. The molecule has 1 fully saturated rings. The number of nitrogens with one attached hydrogen (secondary N) is 1. The first kappa shape index (κ1) is 22.5. The largest absolute Gasteiger partial charge is 0.872 e. The molecule has 2 aliphatic rings. The predicted molar refractivity (Wildman–Crippen MR) is 126 cm³/mol. The summed E-state index contributed by atoms with van der Waals surface area (Å²) in [5, 5.41) is 22.9. The van der Waals surface area contributed by atoms with Gasteiger partial charge in [0.15, 0.2) is 5.76 Å². The molecule has 8 nitrogen and oxygen atoms in total. The lowest BCUT2D eigenvalue weighted by molar-refractivity contribution is -0.918. The lowest BCUT2D eigenvalue weighted by Crippen LogP contribution is -3.13. The Morgan fingerprint density at radius 2 is 2.03 bits per heavy atom. The zero-order chi connectivity index (χ0) is 23.8. The number of ether oxygens (including phenoxy) is 2. The summed E-state index contributed by atoms with van der Waals surface area (Å²) in [6, 6.07) is 8.87. The van der Waals surface area contributed by atoms with Crippen molar-refractivity contribution in [3.63, 3.8) is 0 Å². The number of quaternary nitrogens is 1. The summed E-state index contributed by atoms with van der Waals surface area (Å²) >= 11 is 0. The van der Waals surface area contributed by atoms with E-state index in [1.807, 2.05) is 36.0 Å². The van der Waals surface area contributed by atoms with E-state index in [0.717, 1.165) is 48.4 Å². The molecule has 0 unspecified atom stereocenters. The molecule has 0 aliphatic carbocycles. The molecule has 178 valence electrons. The fourth-order valence-electron chi connectivity index (χ4n) is 4.90. The summed E-state index contributed by atoms with van der Waals surface area (Å²) in [5.41, 5.74) is 2.86. The van der Waals surface area contributed by atoms with Crippen LogP contribution in [0.5, 0.6) is 17.2 Å². The van der Waals surface area contributed by atoms with Gasteiger partial charge in [0.1, 0.15) is 18.0 Å². The number of carbonyl (C=O) groups excluding carboxylic acids is 1. The van der Waals surface area contributed by atoms with Crippen LogP contribution in [0, 0.1) is 0 Å². The Morgan fingerprint density at radius 1 is 1.24 bits per heavy atom. The first-order valence-corrected chi connectivity index (χ1v) is 11.6. The Morgan fingerprint density at radius 3 is 2.76 bits per heavy atom. The highest BCUT2D eigenvalue weighted by atomic mass is 16.5. The number of allylic oxidation sites excluding steroid dienone is 1. The van der Waals surface area contributed by atoms with Gasteiger partial charge in [-0.25, -0.2) is 0 Å². The second-order valence-corrected chi connectivity index (χ2v) is 8.93. The van der Waals surface area contributed by atoms with Crippen molar-refractivity contribution in [2.45, 2.75) is 6.54 Å². The summed E-state index contributed by atoms with van der Waals surface area (Å²) in [4.78, 5) is 16.7. The number of carbonyl (C=O) groups is 1. The van der Waals surface area contributed by atoms with Gasteiger partial charge in [-0.05, 0) is 30.3 Å². The molecule has 8 heteroatoms. The number of benzene rings is 2. The molecule has 2 aliphatic heterocycles. The fourth-order valence-corrected chi connectivity index (χ4v) is 4.90. The monoisotopic (exact) mass is 463 g/mol. The van der Waals surface area contributed by atoms with E-state index in [4.69, 9.17) is 14.6 Å². The van der Waals surface area contributed by atoms with Crippen LogP contribution in [-0.4, -0.2) is 66.8 Å². The van der Waals surface area contributed by atoms with Crippen molar-refractivity contribution in [3.8, 4) is 17.2 Å². The molecule has 0 atom stereocenters. The zero-order valence-corrected chi connectivity index (χ0v) is 19.5. The van der Waals surface area contributed by atoms with Gasteiger partial charge in [0, 0.05) is 54.9 Å². The van der Waals surface area contributed by atoms with Crippen LogP contribution in [0.2, 0.25) is 0 Å². The van der Waals surface area contributed by atoms with Gasteiger partial charge >= 0.3 is 0 Å². The number of β-amino-alcohol motifs (C(OH)–C–C–N with tert-alkyl or cyclic N) is 1. The summed E-state index contributed by atoms with van der Waals surface area (Å²) in [6.07, 6.45) is 3.70. The third-order valence-electron chi connectivity index (χ3n) is 6.82. The molecular formula is C26H29N3O5. The molecule has 0 bridgehead atoms. The highest BCUT2D eigenvalue weighted by Gasteiger charge is 2.32. The number of hydrogen-bond acceptors (Lipinski definition) is 6. The van der Waals surface area contributed by atoms with Crippen molar-refractivity contribution in [3.05, 3.63) is 59.0 Å². The zero-order valence-electron chi connectivity index (χ0n) is 19.5. The number of methoxy groups -OCH3 is 1. The van der Waals surface area contributed by atoms with Gasteiger partial charge in [-0.3, -0.25) is 9.69 Å². The molecule has 0 spiro atoms. The minimum absolute atomic E-state index is 0.104. The average molecular weight is 464 g/mol. The van der Waals surface area contributed by atoms with Crippen molar-refractivity contribution in [2.75, 3.05) is 46.4 Å². The number of piperazine rings is 1. The van der Waals surface area contributed by atoms with Crippen molar-refractivity contribution in [1.82, 2.24) is 9.47 Å². The number of ketones is 1. The first-order valence-electron chi connectivity index (χ1n) is 11.6. The Labute approximate surface area is 198 Å². The minimum Gasteiger partial charge on any atom is -0.872 e. The average Bonchev–Trinajstić information content (AvgIpc) is 3.33. The van der Waals surface area contributed by atoms with E-state index < -0.39 is 0 Å². The molecule has 0 radical (unpaired) electrons. The minimum atomic E-state index is -0.209. The lowest BCUT2D eigenvalue weighted by atomic mass is 10.0. The first-order chi connectivity index (χ1) is 16.5. The van der Waals surface area contributed by atoms with E-state index in [2.05, 4.69) is 4.90 Å². The summed E-state index contributed by atoms with van der Waals surface area (Å²) in [5.74, 6) is 1.04. The number of nitrogens with zero attached hydrogens (tertiary/aromatic N) is 2. The van der Waals surface area contributed by atoms with Gasteiger partial charge in [0.2, 0.25) is 5.78 Å². The smallest absolute Gasteiger partial charge is 0.231 e. The summed E-state index contributed by atoms with van der Waals surface area (Å²) in [7, 11) is 3.58. The quantitative estimate of drug-likeness (QED) is 0.520. The van der Waals surface area contributed by atoms with Crippen molar-refractivity contribution in [2.24, 2.45) is 7.05 Å². The number of aromatic nitrogens is 1. The molecule has 0 amide bonds. The Bertz CT molecular complexity index is 1270. The van der Waals surface area contributed by atoms with Crippen LogP contribution in [0.3, 0.4) is 0 Å². The van der Waals surface area contributed by atoms with Crippen LogP contribution < -0.4 is 19.5 Å². The number of fused-ring (bicyclic) bond motifs is 2. The van der Waals surface area contributed by atoms with Gasteiger partial charge in [-0.15, -0.1) is 0 Å². The standard InChI is InChI=1S/C26H29N3O5/c1-27-15-17(20-14-18(33-2)3-5-22(20)27)13-24-25(32)19-4-6-23(31)21(26(19)34-24)16-29-9-7-28(8-10-29)11-12-30/h3-6,13-15,30-31H,7-12,16H2,1-2H3/b24-13+. The number of aliphatic hydroxyl groups is 1. The van der Waals surface area contributed by atoms with Crippen LogP contribution in [0.1, 0.15) is 21.5 Å². The van der Waals surface area contributed by atoms with Gasteiger partial charge in [0.05, 0.1) is 32.4 Å². The maximum absolute atomic E-state index is 13.2. The third-order valence-corrected chi connectivity index (χ3v) is 6.82. The van der Waals surface area contributed by atoms with Crippen molar-refractivity contribution < 1.29 is 29.4 Å². The highest BCUT2D eigenvalue weighted by Crippen LogP contribution is 2.39. The number of aryl methyl sites for hydroxylation is 1. The topological polar surface area (TPSA) is 91.4 Å². The van der Waals surface area contributed by atoms with E-state index in [9.17, 15) is 9.90 Å². The Hall–Kier alpha value is -3.33. The summed E-state index contributed by atoms with van der Waals surface area (Å²) < 4.78 is 13.4. The highest BCUT2D eigenvalue weighted by molar-refractivity contribution is 6.15. The molecule has 1 saturated heterocycles. The molecule has 3 heterocycles. The molecule has 1 aromatic heterocycles. The lowest BCUT2D eigenvalue weighted by Gasteiger charge is -2.32. The van der Waals surface area contributed by atoms with Crippen LogP contribution >= 0.6 is 0 Å². The van der Waals surface area contributed by atoms with E-state index in [-0.39, 0.29) is 23.9 Å². The Kier molecular flexibility index (Phi) is 6.03. The maximum Gasteiger partial charge on any atom is 0.231 e. The maximum atomic E-state index is 13.2. The van der Waals surface area contributed by atoms with Crippen LogP contribution in [0.25, 0.3) is 17.0 Å². The van der Waals surface area contributed by atoms with Crippen molar-refractivity contribution in [1.29, 1.82) is 0 Å². The van der Waals surface area contributed by atoms with Crippen LogP contribution in [-0.2, 0) is 13.6 Å².